The van der Waals surface area contributed by atoms with Crippen molar-refractivity contribution in [2.75, 3.05) is 23.4 Å². The zero-order valence-corrected chi connectivity index (χ0v) is 13.7. The number of esters is 1. The van der Waals surface area contributed by atoms with Crippen molar-refractivity contribution < 1.29 is 14.3 Å². The third-order valence-electron chi connectivity index (χ3n) is 3.64. The van der Waals surface area contributed by atoms with Gasteiger partial charge in [-0.1, -0.05) is 26.8 Å². The van der Waals surface area contributed by atoms with Crippen molar-refractivity contribution in [2.24, 2.45) is 5.92 Å². The molecule has 0 radical (unpaired) electrons. The van der Waals surface area contributed by atoms with Gasteiger partial charge in [0.15, 0.2) is 0 Å². The molecule has 0 fully saturated rings. The average Bonchev–Trinajstić information content (AvgIpc) is 2.48. The molecule has 1 unspecified atom stereocenters. The maximum Gasteiger partial charge on any atom is 0.329 e. The van der Waals surface area contributed by atoms with Crippen molar-refractivity contribution in [1.29, 1.82) is 0 Å². The molecule has 0 aliphatic carbocycles. The summed E-state index contributed by atoms with van der Waals surface area (Å²) >= 11 is 0. The predicted molar refractivity (Wildman–Crippen MR) is 87.0 cm³/mol. The van der Waals surface area contributed by atoms with Crippen molar-refractivity contribution in [1.82, 2.24) is 0 Å². The topological polar surface area (TPSA) is 58.6 Å². The number of hydrogen-bond acceptors (Lipinski definition) is 4. The summed E-state index contributed by atoms with van der Waals surface area (Å²) in [5.74, 6) is -0.169. The van der Waals surface area contributed by atoms with Crippen molar-refractivity contribution >= 4 is 23.3 Å². The van der Waals surface area contributed by atoms with Crippen LogP contribution in [0.5, 0.6) is 0 Å². The molecule has 0 bridgehead atoms. The molecule has 0 saturated heterocycles. The Balaban J connectivity index is 2.28. The highest BCUT2D eigenvalue weighted by atomic mass is 16.5. The molecule has 1 amide bonds. The highest BCUT2D eigenvalue weighted by Crippen LogP contribution is 2.32. The smallest absolute Gasteiger partial charge is 0.329 e. The molecule has 1 N–H and O–H groups in total. The number of hydrogen-bond donors (Lipinski definition) is 1. The number of nitrogens with zero attached hydrogens (tertiary/aromatic N) is 1. The Morgan fingerprint density at radius 2 is 2.14 bits per heavy atom. The van der Waals surface area contributed by atoms with Gasteiger partial charge in [0, 0.05) is 0 Å². The Bertz CT molecular complexity index is 569. The summed E-state index contributed by atoms with van der Waals surface area (Å²) in [5.41, 5.74) is 2.74. The fourth-order valence-corrected chi connectivity index (χ4v) is 2.53. The molecule has 5 nitrogen and oxygen atoms in total. The van der Waals surface area contributed by atoms with Gasteiger partial charge in [-0.25, -0.2) is 4.79 Å². The van der Waals surface area contributed by atoms with E-state index in [0.717, 1.165) is 16.9 Å². The maximum atomic E-state index is 12.4. The second kappa shape index (κ2) is 6.81. The highest BCUT2D eigenvalue weighted by Gasteiger charge is 2.34. The highest BCUT2D eigenvalue weighted by molar-refractivity contribution is 6.06. The standard InChI is InChI=1S/C17H24N2O3/c1-5-14(17(21)22-10-11(2)3)19-15-7-6-12(4)8-13(15)18-9-16(19)20/h6-8,11,14,18H,5,9-10H2,1-4H3. The zero-order valence-electron chi connectivity index (χ0n) is 13.7. The molecule has 0 aromatic heterocycles. The molecule has 2 rings (SSSR count). The molecule has 1 aromatic rings. The number of carbonyl (C=O) groups excluding carboxylic acids is 2. The van der Waals surface area contributed by atoms with Gasteiger partial charge in [0.25, 0.3) is 0 Å². The quantitative estimate of drug-likeness (QED) is 0.850. The second-order valence-corrected chi connectivity index (χ2v) is 6.09. The summed E-state index contributed by atoms with van der Waals surface area (Å²) in [7, 11) is 0. The first-order chi connectivity index (χ1) is 10.4. The van der Waals surface area contributed by atoms with Gasteiger partial charge < -0.3 is 10.1 Å². The number of rotatable bonds is 5. The number of aryl methyl sites for hydroxylation is 1. The number of fused-ring (bicyclic) bond motifs is 1. The molecule has 1 heterocycles. The van der Waals surface area contributed by atoms with Crippen LogP contribution in [0.4, 0.5) is 11.4 Å². The SMILES string of the molecule is CCC(C(=O)OCC(C)C)N1C(=O)CNc2cc(C)ccc21. The molecule has 0 saturated carbocycles. The minimum atomic E-state index is -0.574. The minimum absolute atomic E-state index is 0.107. The number of benzene rings is 1. The first-order valence-electron chi connectivity index (χ1n) is 7.77. The van der Waals surface area contributed by atoms with Crippen LogP contribution in [-0.4, -0.2) is 31.1 Å². The van der Waals surface area contributed by atoms with Gasteiger partial charge in [-0.05, 0) is 37.0 Å². The third-order valence-corrected chi connectivity index (χ3v) is 3.64. The Morgan fingerprint density at radius 3 is 2.77 bits per heavy atom. The summed E-state index contributed by atoms with van der Waals surface area (Å²) in [6.07, 6.45) is 0.524. The summed E-state index contributed by atoms with van der Waals surface area (Å²) in [5, 5.41) is 3.11. The van der Waals surface area contributed by atoms with E-state index in [4.69, 9.17) is 4.74 Å². The number of anilines is 2. The molecular weight excluding hydrogens is 280 g/mol. The zero-order chi connectivity index (χ0) is 16.3. The summed E-state index contributed by atoms with van der Waals surface area (Å²) < 4.78 is 5.34. The van der Waals surface area contributed by atoms with Crippen LogP contribution in [0.1, 0.15) is 32.8 Å². The lowest BCUT2D eigenvalue weighted by molar-refractivity contribution is -0.147. The first kappa shape index (κ1) is 16.3. The van der Waals surface area contributed by atoms with Crippen LogP contribution in [0.2, 0.25) is 0 Å². The van der Waals surface area contributed by atoms with E-state index < -0.39 is 6.04 Å². The third kappa shape index (κ3) is 3.40. The summed E-state index contributed by atoms with van der Waals surface area (Å²) in [6, 6.07) is 5.24. The van der Waals surface area contributed by atoms with Crippen LogP contribution in [0.3, 0.4) is 0 Å². The summed E-state index contributed by atoms with van der Waals surface area (Å²) in [4.78, 5) is 26.3. The van der Waals surface area contributed by atoms with Crippen molar-refractivity contribution in [3.8, 4) is 0 Å². The fourth-order valence-electron chi connectivity index (χ4n) is 2.53. The van der Waals surface area contributed by atoms with E-state index in [1.807, 2.05) is 45.9 Å². The van der Waals surface area contributed by atoms with Crippen LogP contribution in [0.25, 0.3) is 0 Å². The largest absolute Gasteiger partial charge is 0.464 e. The molecule has 1 atom stereocenters. The lowest BCUT2D eigenvalue weighted by Gasteiger charge is -2.35. The molecule has 120 valence electrons. The molecule has 1 aliphatic rings. The molecule has 1 aromatic carbocycles. The average molecular weight is 304 g/mol. The molecule has 1 aliphatic heterocycles. The number of carbonyl (C=O) groups is 2. The Kier molecular flexibility index (Phi) is 5.06. The van der Waals surface area contributed by atoms with E-state index in [1.165, 1.54) is 0 Å². The minimum Gasteiger partial charge on any atom is -0.464 e. The van der Waals surface area contributed by atoms with E-state index in [0.29, 0.717) is 13.0 Å². The Morgan fingerprint density at radius 1 is 1.41 bits per heavy atom. The van der Waals surface area contributed by atoms with Gasteiger partial charge in [-0.3, -0.25) is 9.69 Å². The predicted octanol–water partition coefficient (Wildman–Crippen LogP) is 2.73. The molecular formula is C17H24N2O3. The van der Waals surface area contributed by atoms with Gasteiger partial charge in [0.05, 0.1) is 24.5 Å². The van der Waals surface area contributed by atoms with Crippen molar-refractivity contribution in [2.45, 2.75) is 40.2 Å². The normalized spacial score (nSPS) is 15.3. The number of amides is 1. The molecule has 5 heteroatoms. The van der Waals surface area contributed by atoms with E-state index in [1.54, 1.807) is 4.90 Å². The fraction of sp³-hybridized carbons (Fsp3) is 0.529. The van der Waals surface area contributed by atoms with Crippen LogP contribution in [-0.2, 0) is 14.3 Å². The number of ether oxygens (including phenoxy) is 1. The number of nitrogens with one attached hydrogen (secondary N) is 1. The summed E-state index contributed by atoms with van der Waals surface area (Å²) in [6.45, 7) is 8.44. The Hall–Kier alpha value is -2.04. The van der Waals surface area contributed by atoms with Crippen molar-refractivity contribution in [3.63, 3.8) is 0 Å². The van der Waals surface area contributed by atoms with Crippen LogP contribution < -0.4 is 10.2 Å². The lowest BCUT2D eigenvalue weighted by atomic mass is 10.1. The Labute approximate surface area is 131 Å². The van der Waals surface area contributed by atoms with Gasteiger partial charge >= 0.3 is 5.97 Å². The maximum absolute atomic E-state index is 12.4. The van der Waals surface area contributed by atoms with Gasteiger partial charge in [-0.2, -0.15) is 0 Å². The monoisotopic (exact) mass is 304 g/mol. The van der Waals surface area contributed by atoms with E-state index >= 15 is 0 Å². The first-order valence-corrected chi connectivity index (χ1v) is 7.77. The van der Waals surface area contributed by atoms with Gasteiger partial charge in [-0.15, -0.1) is 0 Å². The van der Waals surface area contributed by atoms with Crippen LogP contribution in [0, 0.1) is 12.8 Å². The van der Waals surface area contributed by atoms with E-state index in [2.05, 4.69) is 5.32 Å². The molecule has 22 heavy (non-hydrogen) atoms. The van der Waals surface area contributed by atoms with Crippen LogP contribution in [0.15, 0.2) is 18.2 Å². The van der Waals surface area contributed by atoms with E-state index in [9.17, 15) is 9.59 Å². The molecule has 0 spiro atoms. The van der Waals surface area contributed by atoms with E-state index in [-0.39, 0.29) is 24.3 Å². The van der Waals surface area contributed by atoms with Crippen molar-refractivity contribution in [3.05, 3.63) is 23.8 Å². The van der Waals surface area contributed by atoms with Crippen LogP contribution >= 0.6 is 0 Å². The second-order valence-electron chi connectivity index (χ2n) is 6.09. The van der Waals surface area contributed by atoms with Gasteiger partial charge in [0.1, 0.15) is 6.04 Å². The lowest BCUT2D eigenvalue weighted by Crippen LogP contribution is -2.50. The van der Waals surface area contributed by atoms with Gasteiger partial charge in [0.2, 0.25) is 5.91 Å².